The van der Waals surface area contributed by atoms with E-state index in [9.17, 15) is 35.1 Å². The summed E-state index contributed by atoms with van der Waals surface area (Å²) in [4.78, 5) is 0. The quantitative estimate of drug-likeness (QED) is 0.583. The molecular weight excluding hydrogens is 235 g/mol. The van der Waals surface area contributed by atoms with E-state index in [1.165, 1.54) is 0 Å². The molecule has 0 aromatic heterocycles. The molecule has 2 unspecified atom stereocenters. The summed E-state index contributed by atoms with van der Waals surface area (Å²) in [6.45, 7) is 0. The predicted molar refractivity (Wildman–Crippen MR) is 35.1 cm³/mol. The SMILES string of the molecule is OC(F)(F)C(F)(F)C(F)C(F)C(F)F.[LiH]. The van der Waals surface area contributed by atoms with Crippen molar-refractivity contribution < 1.29 is 40.2 Å². The van der Waals surface area contributed by atoms with E-state index < -0.39 is 30.8 Å². The van der Waals surface area contributed by atoms with Gasteiger partial charge in [-0.1, -0.05) is 0 Å². The van der Waals surface area contributed by atoms with Crippen molar-refractivity contribution in [3.63, 3.8) is 0 Å². The first kappa shape index (κ1) is 17.4. The number of hydrogen-bond donors (Lipinski definition) is 1. The number of alkyl halides is 8. The van der Waals surface area contributed by atoms with Gasteiger partial charge in [0, 0.05) is 0 Å². The summed E-state index contributed by atoms with van der Waals surface area (Å²) in [5, 5.41) is 7.41. The second-order valence-corrected chi connectivity index (χ2v) is 2.34. The third-order valence-corrected chi connectivity index (χ3v) is 1.27. The fraction of sp³-hybridized carbons (Fsp3) is 1.00. The summed E-state index contributed by atoms with van der Waals surface area (Å²) in [5.74, 6) is -5.90. The van der Waals surface area contributed by atoms with Gasteiger partial charge in [0.2, 0.25) is 6.17 Å². The molecule has 0 aromatic rings. The fourth-order valence-corrected chi connectivity index (χ4v) is 0.494. The topological polar surface area (TPSA) is 20.2 Å². The van der Waals surface area contributed by atoms with Crippen LogP contribution in [0, 0.1) is 0 Å². The van der Waals surface area contributed by atoms with Gasteiger partial charge < -0.3 is 5.11 Å². The van der Waals surface area contributed by atoms with Gasteiger partial charge in [0.25, 0.3) is 6.43 Å². The maximum atomic E-state index is 12.1. The van der Waals surface area contributed by atoms with Crippen molar-refractivity contribution in [2.24, 2.45) is 0 Å². The summed E-state index contributed by atoms with van der Waals surface area (Å²) in [5.41, 5.74) is 0. The van der Waals surface area contributed by atoms with Crippen LogP contribution in [0.15, 0.2) is 0 Å². The Morgan fingerprint density at radius 2 is 1.20 bits per heavy atom. The minimum atomic E-state index is -5.90. The minimum absolute atomic E-state index is 0. The second kappa shape index (κ2) is 5.36. The third-order valence-electron chi connectivity index (χ3n) is 1.27. The van der Waals surface area contributed by atoms with Crippen molar-refractivity contribution in [3.8, 4) is 0 Å². The molecule has 0 saturated carbocycles. The average Bonchev–Trinajstić information content (AvgIpc) is 1.99. The van der Waals surface area contributed by atoms with Gasteiger partial charge >= 0.3 is 30.9 Å². The van der Waals surface area contributed by atoms with Gasteiger partial charge in [0.1, 0.15) is 0 Å². The standard InChI is InChI=1S/C5H4F8O.Li.H/c6-1(3(8)9)2(7)4(10,11)5(12,13)14;;/h1-3,14H;;. The van der Waals surface area contributed by atoms with Crippen molar-refractivity contribution >= 4 is 18.9 Å². The first-order valence-corrected chi connectivity index (χ1v) is 3.06. The van der Waals surface area contributed by atoms with Crippen molar-refractivity contribution in [2.45, 2.75) is 30.8 Å². The molecule has 1 N–H and O–H groups in total. The van der Waals surface area contributed by atoms with Crippen LogP contribution in [-0.4, -0.2) is 54.8 Å². The summed E-state index contributed by atoms with van der Waals surface area (Å²) in [7, 11) is 0. The van der Waals surface area contributed by atoms with E-state index in [-0.39, 0.29) is 18.9 Å². The third kappa shape index (κ3) is 3.81. The molecular formula is C5H5F8LiO. The Morgan fingerprint density at radius 3 is 1.40 bits per heavy atom. The summed E-state index contributed by atoms with van der Waals surface area (Å²) in [6, 6.07) is 0. The Bertz CT molecular complexity index is 192. The molecule has 0 aromatic carbocycles. The van der Waals surface area contributed by atoms with Crippen LogP contribution in [-0.2, 0) is 0 Å². The molecule has 0 radical (unpaired) electrons. The number of hydrogen-bond acceptors (Lipinski definition) is 1. The van der Waals surface area contributed by atoms with E-state index in [4.69, 9.17) is 5.11 Å². The summed E-state index contributed by atoms with van der Waals surface area (Å²) >= 11 is 0. The first-order chi connectivity index (χ1) is 6.01. The van der Waals surface area contributed by atoms with Crippen LogP contribution in [0.3, 0.4) is 0 Å². The average molecular weight is 240 g/mol. The molecule has 2 atom stereocenters. The van der Waals surface area contributed by atoms with Gasteiger partial charge in [-0.15, -0.1) is 0 Å². The van der Waals surface area contributed by atoms with E-state index in [1.807, 2.05) is 0 Å². The van der Waals surface area contributed by atoms with Crippen LogP contribution in [0.1, 0.15) is 0 Å². The Labute approximate surface area is 90.6 Å². The Morgan fingerprint density at radius 1 is 0.867 bits per heavy atom. The van der Waals surface area contributed by atoms with E-state index in [0.717, 1.165) is 0 Å². The number of halogens is 8. The molecule has 0 saturated heterocycles. The molecule has 88 valence electrons. The summed E-state index contributed by atoms with van der Waals surface area (Å²) in [6.07, 6.45) is -18.7. The summed E-state index contributed by atoms with van der Waals surface area (Å²) < 4.78 is 93.6. The Kier molecular flexibility index (Phi) is 6.22. The molecule has 0 rings (SSSR count). The monoisotopic (exact) mass is 240 g/mol. The Balaban J connectivity index is 0. The van der Waals surface area contributed by atoms with Crippen LogP contribution in [0.25, 0.3) is 0 Å². The molecule has 0 aliphatic heterocycles. The van der Waals surface area contributed by atoms with E-state index in [1.54, 1.807) is 0 Å². The molecule has 0 fully saturated rings. The normalized spacial score (nSPS) is 17.2. The van der Waals surface area contributed by atoms with Crippen molar-refractivity contribution in [3.05, 3.63) is 0 Å². The molecule has 0 aliphatic carbocycles. The van der Waals surface area contributed by atoms with Crippen LogP contribution in [0.4, 0.5) is 35.1 Å². The molecule has 10 heteroatoms. The fourth-order valence-electron chi connectivity index (χ4n) is 0.494. The van der Waals surface area contributed by atoms with E-state index in [2.05, 4.69) is 0 Å². The van der Waals surface area contributed by atoms with Crippen LogP contribution < -0.4 is 0 Å². The second-order valence-electron chi connectivity index (χ2n) is 2.34. The van der Waals surface area contributed by atoms with Gasteiger partial charge in [0.15, 0.2) is 6.17 Å². The molecule has 0 spiro atoms. The number of rotatable bonds is 4. The predicted octanol–water partition coefficient (Wildman–Crippen LogP) is 1.50. The van der Waals surface area contributed by atoms with E-state index in [0.29, 0.717) is 0 Å². The van der Waals surface area contributed by atoms with Crippen molar-refractivity contribution in [1.82, 2.24) is 0 Å². The Hall–Kier alpha value is -0.00260. The first-order valence-electron chi connectivity index (χ1n) is 3.06. The van der Waals surface area contributed by atoms with Crippen LogP contribution in [0.2, 0.25) is 0 Å². The molecule has 0 aliphatic rings. The molecule has 15 heavy (non-hydrogen) atoms. The van der Waals surface area contributed by atoms with E-state index >= 15 is 0 Å². The zero-order valence-corrected chi connectivity index (χ0v) is 6.20. The zero-order chi connectivity index (χ0) is 11.7. The number of aliphatic hydroxyl groups is 1. The van der Waals surface area contributed by atoms with Crippen LogP contribution in [0.5, 0.6) is 0 Å². The van der Waals surface area contributed by atoms with Gasteiger partial charge in [-0.05, 0) is 0 Å². The molecule has 0 heterocycles. The van der Waals surface area contributed by atoms with Gasteiger partial charge in [-0.25, -0.2) is 17.6 Å². The van der Waals surface area contributed by atoms with Crippen LogP contribution >= 0.6 is 0 Å². The zero-order valence-electron chi connectivity index (χ0n) is 6.20. The molecule has 1 nitrogen and oxygen atoms in total. The molecule has 0 bridgehead atoms. The van der Waals surface area contributed by atoms with Gasteiger partial charge in [0.05, 0.1) is 0 Å². The maximum absolute atomic E-state index is 12.1. The van der Waals surface area contributed by atoms with Gasteiger partial charge in [-0.3, -0.25) is 0 Å². The van der Waals surface area contributed by atoms with Gasteiger partial charge in [-0.2, -0.15) is 17.6 Å². The van der Waals surface area contributed by atoms with Crippen molar-refractivity contribution in [2.75, 3.05) is 0 Å². The van der Waals surface area contributed by atoms with Crippen molar-refractivity contribution in [1.29, 1.82) is 0 Å². The molecule has 0 amide bonds.